The molecule has 1 atom stereocenters. The summed E-state index contributed by atoms with van der Waals surface area (Å²) in [5.74, 6) is -0.309. The summed E-state index contributed by atoms with van der Waals surface area (Å²) in [6.45, 7) is 5.85. The molecule has 0 aliphatic rings. The van der Waals surface area contributed by atoms with E-state index in [4.69, 9.17) is 16.3 Å². The molecule has 0 fully saturated rings. The van der Waals surface area contributed by atoms with Crippen LogP contribution in [0.5, 0.6) is 5.75 Å². The molecular formula is C29H33BrClN3O5S. The number of hydrogen-bond donors (Lipinski definition) is 1. The molecule has 8 nitrogen and oxygen atoms in total. The zero-order valence-electron chi connectivity index (χ0n) is 22.6. The van der Waals surface area contributed by atoms with Gasteiger partial charge in [-0.1, -0.05) is 46.6 Å². The molecule has 3 rings (SSSR count). The number of carbonyl (C=O) groups excluding carboxylic acids is 2. The molecule has 0 saturated heterocycles. The lowest BCUT2D eigenvalue weighted by atomic mass is 10.1. The molecule has 214 valence electrons. The Bertz CT molecular complexity index is 1400. The molecule has 3 aromatic carbocycles. The van der Waals surface area contributed by atoms with E-state index in [2.05, 4.69) is 21.2 Å². The predicted molar refractivity (Wildman–Crippen MR) is 161 cm³/mol. The van der Waals surface area contributed by atoms with Crippen LogP contribution in [0.3, 0.4) is 0 Å². The van der Waals surface area contributed by atoms with Gasteiger partial charge in [-0.25, -0.2) is 8.42 Å². The molecule has 0 aliphatic carbocycles. The Morgan fingerprint density at radius 1 is 1.02 bits per heavy atom. The van der Waals surface area contributed by atoms with Crippen molar-refractivity contribution in [3.63, 3.8) is 0 Å². The molecule has 0 spiro atoms. The third-order valence-corrected chi connectivity index (χ3v) is 8.63. The minimum absolute atomic E-state index is 0.0208. The normalized spacial score (nSPS) is 11.9. The van der Waals surface area contributed by atoms with Gasteiger partial charge in [-0.2, -0.15) is 0 Å². The molecule has 2 amide bonds. The fourth-order valence-corrected chi connectivity index (χ4v) is 5.84. The lowest BCUT2D eigenvalue weighted by molar-refractivity contribution is -0.139. The van der Waals surface area contributed by atoms with E-state index >= 15 is 0 Å². The fraction of sp³-hybridized carbons (Fsp3) is 0.310. The highest BCUT2D eigenvalue weighted by Gasteiger charge is 2.32. The van der Waals surface area contributed by atoms with Crippen LogP contribution >= 0.6 is 27.5 Å². The van der Waals surface area contributed by atoms with Crippen molar-refractivity contribution in [2.45, 2.75) is 44.7 Å². The Hall–Kier alpha value is -3.08. The van der Waals surface area contributed by atoms with Crippen LogP contribution in [-0.4, -0.2) is 50.9 Å². The van der Waals surface area contributed by atoms with Crippen LogP contribution in [0.1, 0.15) is 32.8 Å². The fourth-order valence-electron chi connectivity index (χ4n) is 3.95. The summed E-state index contributed by atoms with van der Waals surface area (Å²) in [6, 6.07) is 18.8. The van der Waals surface area contributed by atoms with Crippen molar-refractivity contribution in [3.05, 3.63) is 87.9 Å². The Morgan fingerprint density at radius 2 is 1.70 bits per heavy atom. The molecule has 0 bridgehead atoms. The van der Waals surface area contributed by atoms with Crippen molar-refractivity contribution in [2.24, 2.45) is 0 Å². The minimum Gasteiger partial charge on any atom is -0.494 e. The average Bonchev–Trinajstić information content (AvgIpc) is 2.93. The molecule has 11 heteroatoms. The van der Waals surface area contributed by atoms with Crippen molar-refractivity contribution in [2.75, 3.05) is 24.0 Å². The molecule has 0 heterocycles. The standard InChI is InChI=1S/C29H33BrClN3O5S/c1-4-17-32-29(36)21(3)33(19-22-7-6-8-24(31)18-22)28(35)20-34(25-11-13-26(14-12-25)39-5-2)40(37,38)27-15-9-23(30)10-16-27/h6-16,18,21H,4-5,17,19-20H2,1-3H3,(H,32,36). The number of benzene rings is 3. The number of carbonyl (C=O) groups is 2. The minimum atomic E-state index is -4.16. The van der Waals surface area contributed by atoms with Crippen LogP contribution < -0.4 is 14.4 Å². The summed E-state index contributed by atoms with van der Waals surface area (Å²) in [6.07, 6.45) is 0.734. The lowest BCUT2D eigenvalue weighted by Gasteiger charge is -2.32. The summed E-state index contributed by atoms with van der Waals surface area (Å²) in [5, 5.41) is 3.31. The molecule has 0 aliphatic heterocycles. The Morgan fingerprint density at radius 3 is 2.30 bits per heavy atom. The first-order chi connectivity index (χ1) is 19.1. The first kappa shape index (κ1) is 31.4. The highest BCUT2D eigenvalue weighted by Crippen LogP contribution is 2.27. The molecule has 40 heavy (non-hydrogen) atoms. The van der Waals surface area contributed by atoms with E-state index in [-0.39, 0.29) is 23.0 Å². The molecule has 3 aromatic rings. The van der Waals surface area contributed by atoms with Gasteiger partial charge in [-0.3, -0.25) is 13.9 Å². The van der Waals surface area contributed by atoms with E-state index in [1.54, 1.807) is 67.6 Å². The van der Waals surface area contributed by atoms with Gasteiger partial charge in [-0.05, 0) is 86.5 Å². The molecule has 0 radical (unpaired) electrons. The number of sulfonamides is 1. The second kappa shape index (κ2) is 14.5. The van der Waals surface area contributed by atoms with Crippen molar-refractivity contribution in [1.29, 1.82) is 0 Å². The topological polar surface area (TPSA) is 96.0 Å². The quantitative estimate of drug-likeness (QED) is 0.258. The summed E-state index contributed by atoms with van der Waals surface area (Å²) < 4.78 is 35.0. The monoisotopic (exact) mass is 649 g/mol. The van der Waals surface area contributed by atoms with Crippen molar-refractivity contribution in [1.82, 2.24) is 10.2 Å². The summed E-state index contributed by atoms with van der Waals surface area (Å²) in [4.78, 5) is 28.2. The maximum absolute atomic E-state index is 13.9. The van der Waals surface area contributed by atoms with Gasteiger partial charge in [0.1, 0.15) is 18.3 Å². The van der Waals surface area contributed by atoms with Crippen LogP contribution in [0.2, 0.25) is 5.02 Å². The smallest absolute Gasteiger partial charge is 0.264 e. The van der Waals surface area contributed by atoms with Gasteiger partial charge in [-0.15, -0.1) is 0 Å². The van der Waals surface area contributed by atoms with Gasteiger partial charge in [0, 0.05) is 22.6 Å². The Kier molecular flexibility index (Phi) is 11.4. The van der Waals surface area contributed by atoms with E-state index in [1.807, 2.05) is 13.8 Å². The number of nitrogens with one attached hydrogen (secondary N) is 1. The number of amides is 2. The molecule has 0 aromatic heterocycles. The van der Waals surface area contributed by atoms with Crippen molar-refractivity contribution >= 4 is 55.1 Å². The van der Waals surface area contributed by atoms with E-state index in [0.717, 1.165) is 15.2 Å². The Balaban J connectivity index is 2.02. The molecule has 0 saturated carbocycles. The third kappa shape index (κ3) is 8.22. The van der Waals surface area contributed by atoms with Crippen LogP contribution in [0, 0.1) is 0 Å². The molecule has 1 N–H and O–H groups in total. The van der Waals surface area contributed by atoms with Gasteiger partial charge < -0.3 is 15.0 Å². The van der Waals surface area contributed by atoms with Gasteiger partial charge in [0.15, 0.2) is 0 Å². The maximum Gasteiger partial charge on any atom is 0.264 e. The zero-order chi connectivity index (χ0) is 29.3. The lowest BCUT2D eigenvalue weighted by Crippen LogP contribution is -2.51. The van der Waals surface area contributed by atoms with Crippen LogP contribution in [0.15, 0.2) is 82.2 Å². The van der Waals surface area contributed by atoms with Gasteiger partial charge in [0.2, 0.25) is 11.8 Å². The highest BCUT2D eigenvalue weighted by atomic mass is 79.9. The SMILES string of the molecule is CCCNC(=O)C(C)N(Cc1cccc(Cl)c1)C(=O)CN(c1ccc(OCC)cc1)S(=O)(=O)c1ccc(Br)cc1. The number of nitrogens with zero attached hydrogens (tertiary/aromatic N) is 2. The van der Waals surface area contributed by atoms with Gasteiger partial charge >= 0.3 is 0 Å². The first-order valence-electron chi connectivity index (χ1n) is 12.9. The highest BCUT2D eigenvalue weighted by molar-refractivity contribution is 9.10. The van der Waals surface area contributed by atoms with Gasteiger partial charge in [0.05, 0.1) is 17.2 Å². The summed E-state index contributed by atoms with van der Waals surface area (Å²) >= 11 is 9.50. The molecule has 1 unspecified atom stereocenters. The summed E-state index contributed by atoms with van der Waals surface area (Å²) in [7, 11) is -4.16. The van der Waals surface area contributed by atoms with E-state index in [1.165, 1.54) is 17.0 Å². The van der Waals surface area contributed by atoms with Crippen LogP contribution in [0.4, 0.5) is 5.69 Å². The predicted octanol–water partition coefficient (Wildman–Crippen LogP) is 5.64. The summed E-state index contributed by atoms with van der Waals surface area (Å²) in [5.41, 5.74) is 0.991. The zero-order valence-corrected chi connectivity index (χ0v) is 25.8. The van der Waals surface area contributed by atoms with E-state index in [9.17, 15) is 18.0 Å². The number of ether oxygens (including phenoxy) is 1. The van der Waals surface area contributed by atoms with E-state index in [0.29, 0.717) is 29.5 Å². The number of anilines is 1. The van der Waals surface area contributed by atoms with Gasteiger partial charge in [0.25, 0.3) is 10.0 Å². The van der Waals surface area contributed by atoms with E-state index < -0.39 is 28.5 Å². The average molecular weight is 651 g/mol. The number of rotatable bonds is 13. The maximum atomic E-state index is 13.9. The van der Waals surface area contributed by atoms with Crippen LogP contribution in [-0.2, 0) is 26.2 Å². The second-order valence-electron chi connectivity index (χ2n) is 9.01. The first-order valence-corrected chi connectivity index (χ1v) is 15.5. The largest absolute Gasteiger partial charge is 0.494 e. The molecular weight excluding hydrogens is 618 g/mol. The number of halogens is 2. The third-order valence-electron chi connectivity index (χ3n) is 6.07. The Labute approximate surface area is 249 Å². The van der Waals surface area contributed by atoms with Crippen molar-refractivity contribution in [3.8, 4) is 5.75 Å². The number of hydrogen-bond acceptors (Lipinski definition) is 5. The van der Waals surface area contributed by atoms with Crippen molar-refractivity contribution < 1.29 is 22.7 Å². The van der Waals surface area contributed by atoms with Crippen LogP contribution in [0.25, 0.3) is 0 Å². The second-order valence-corrected chi connectivity index (χ2v) is 12.2.